The number of likely N-dealkylation sites (tertiary alicyclic amines) is 1. The van der Waals surface area contributed by atoms with Crippen LogP contribution in [0.2, 0.25) is 0 Å². The van der Waals surface area contributed by atoms with Crippen LogP contribution in [0.3, 0.4) is 0 Å². The highest BCUT2D eigenvalue weighted by Gasteiger charge is 2.33. The number of benzene rings is 1. The van der Waals surface area contributed by atoms with Gasteiger partial charge < -0.3 is 10.5 Å². The standard InChI is InChI=1S/C18H28N2O/c1-21-16-10-8-14(9-11-16)17(19)13-20-12-4-6-15-5-2-3-7-18(15)20/h8-11,15,17-18H,2-7,12-13,19H2,1H3/t15-,17?,18-/m1/s1. The number of rotatable bonds is 4. The van der Waals surface area contributed by atoms with Crippen LogP contribution >= 0.6 is 0 Å². The molecule has 0 radical (unpaired) electrons. The molecule has 1 aliphatic heterocycles. The van der Waals surface area contributed by atoms with E-state index >= 15 is 0 Å². The Morgan fingerprint density at radius 2 is 1.86 bits per heavy atom. The Bertz CT molecular complexity index is 443. The molecule has 2 N–H and O–H groups in total. The van der Waals surface area contributed by atoms with E-state index in [1.54, 1.807) is 7.11 Å². The third kappa shape index (κ3) is 3.41. The van der Waals surface area contributed by atoms with Crippen LogP contribution in [0.25, 0.3) is 0 Å². The van der Waals surface area contributed by atoms with Gasteiger partial charge in [0, 0.05) is 18.6 Å². The lowest BCUT2D eigenvalue weighted by molar-refractivity contribution is 0.0561. The van der Waals surface area contributed by atoms with Crippen LogP contribution in [0.4, 0.5) is 0 Å². The fraction of sp³-hybridized carbons (Fsp3) is 0.667. The summed E-state index contributed by atoms with van der Waals surface area (Å²) in [6, 6.07) is 9.12. The minimum atomic E-state index is 0.108. The van der Waals surface area contributed by atoms with Gasteiger partial charge in [0.15, 0.2) is 0 Å². The van der Waals surface area contributed by atoms with Crippen molar-refractivity contribution >= 4 is 0 Å². The average Bonchev–Trinajstić information content (AvgIpc) is 2.55. The van der Waals surface area contributed by atoms with Gasteiger partial charge >= 0.3 is 0 Å². The summed E-state index contributed by atoms with van der Waals surface area (Å²) in [6.07, 6.45) is 8.41. The van der Waals surface area contributed by atoms with E-state index in [4.69, 9.17) is 10.5 Å². The van der Waals surface area contributed by atoms with E-state index < -0.39 is 0 Å². The van der Waals surface area contributed by atoms with Gasteiger partial charge in [-0.2, -0.15) is 0 Å². The monoisotopic (exact) mass is 288 g/mol. The minimum absolute atomic E-state index is 0.108. The summed E-state index contributed by atoms with van der Waals surface area (Å²) in [5.74, 6) is 1.83. The minimum Gasteiger partial charge on any atom is -0.497 e. The molecule has 1 saturated heterocycles. The van der Waals surface area contributed by atoms with E-state index in [9.17, 15) is 0 Å². The number of fused-ring (bicyclic) bond motifs is 1. The van der Waals surface area contributed by atoms with Crippen LogP contribution in [0.15, 0.2) is 24.3 Å². The number of hydrogen-bond donors (Lipinski definition) is 1. The third-order valence-electron chi connectivity index (χ3n) is 5.33. The molecule has 0 spiro atoms. The van der Waals surface area contributed by atoms with Crippen LogP contribution in [0.5, 0.6) is 5.75 Å². The van der Waals surface area contributed by atoms with Gasteiger partial charge in [0.25, 0.3) is 0 Å². The summed E-state index contributed by atoms with van der Waals surface area (Å²) >= 11 is 0. The first-order valence-electron chi connectivity index (χ1n) is 8.41. The zero-order valence-electron chi connectivity index (χ0n) is 13.1. The average molecular weight is 288 g/mol. The second kappa shape index (κ2) is 6.80. The fourth-order valence-corrected chi connectivity index (χ4v) is 4.16. The third-order valence-corrected chi connectivity index (χ3v) is 5.33. The van der Waals surface area contributed by atoms with Gasteiger partial charge in [-0.25, -0.2) is 0 Å². The predicted octanol–water partition coefficient (Wildman–Crippen LogP) is 3.35. The van der Waals surface area contributed by atoms with Crippen LogP contribution < -0.4 is 10.5 Å². The summed E-state index contributed by atoms with van der Waals surface area (Å²) in [7, 11) is 1.70. The Labute approximate surface area is 128 Å². The summed E-state index contributed by atoms with van der Waals surface area (Å²) in [5, 5.41) is 0. The summed E-state index contributed by atoms with van der Waals surface area (Å²) in [6.45, 7) is 2.22. The predicted molar refractivity (Wildman–Crippen MR) is 86.5 cm³/mol. The first-order chi connectivity index (χ1) is 10.3. The van der Waals surface area contributed by atoms with Gasteiger partial charge in [0.1, 0.15) is 5.75 Å². The van der Waals surface area contributed by atoms with Crippen molar-refractivity contribution in [1.29, 1.82) is 0 Å². The molecule has 1 aromatic rings. The molecule has 1 saturated carbocycles. The molecular formula is C18H28N2O. The number of piperidine rings is 1. The van der Waals surface area contributed by atoms with Gasteiger partial charge in [0.05, 0.1) is 7.11 Å². The second-order valence-corrected chi connectivity index (χ2v) is 6.63. The van der Waals surface area contributed by atoms with E-state index in [1.165, 1.54) is 50.6 Å². The molecule has 0 aromatic heterocycles. The molecule has 1 heterocycles. The van der Waals surface area contributed by atoms with Gasteiger partial charge in [-0.1, -0.05) is 25.0 Å². The second-order valence-electron chi connectivity index (χ2n) is 6.63. The molecule has 1 unspecified atom stereocenters. The van der Waals surface area contributed by atoms with E-state index in [1.807, 2.05) is 12.1 Å². The molecule has 3 heteroatoms. The zero-order chi connectivity index (χ0) is 14.7. The first-order valence-corrected chi connectivity index (χ1v) is 8.41. The van der Waals surface area contributed by atoms with Gasteiger partial charge in [0.2, 0.25) is 0 Å². The molecule has 2 fully saturated rings. The molecular weight excluding hydrogens is 260 g/mol. The number of ether oxygens (including phenoxy) is 1. The molecule has 3 atom stereocenters. The van der Waals surface area contributed by atoms with Crippen LogP contribution in [0.1, 0.15) is 50.1 Å². The number of nitrogens with two attached hydrogens (primary N) is 1. The van der Waals surface area contributed by atoms with Crippen molar-refractivity contribution in [2.45, 2.75) is 50.6 Å². The highest BCUT2D eigenvalue weighted by molar-refractivity contribution is 5.29. The summed E-state index contributed by atoms with van der Waals surface area (Å²) in [5.41, 5.74) is 7.67. The van der Waals surface area contributed by atoms with Crippen molar-refractivity contribution in [2.24, 2.45) is 11.7 Å². The molecule has 1 aliphatic carbocycles. The molecule has 2 aliphatic rings. The van der Waals surface area contributed by atoms with E-state index in [0.717, 1.165) is 24.3 Å². The number of methoxy groups -OCH3 is 1. The maximum absolute atomic E-state index is 6.46. The maximum atomic E-state index is 6.46. The van der Waals surface area contributed by atoms with Gasteiger partial charge in [-0.3, -0.25) is 4.90 Å². The fourth-order valence-electron chi connectivity index (χ4n) is 4.16. The Morgan fingerprint density at radius 1 is 1.14 bits per heavy atom. The molecule has 116 valence electrons. The largest absolute Gasteiger partial charge is 0.497 e. The van der Waals surface area contributed by atoms with Gasteiger partial charge in [-0.05, 0) is 55.8 Å². The molecule has 21 heavy (non-hydrogen) atoms. The van der Waals surface area contributed by atoms with Crippen LogP contribution in [-0.4, -0.2) is 31.1 Å². The maximum Gasteiger partial charge on any atom is 0.118 e. The van der Waals surface area contributed by atoms with E-state index in [-0.39, 0.29) is 6.04 Å². The highest BCUT2D eigenvalue weighted by atomic mass is 16.5. The first kappa shape index (κ1) is 14.9. The van der Waals surface area contributed by atoms with Crippen LogP contribution in [-0.2, 0) is 0 Å². The number of hydrogen-bond acceptors (Lipinski definition) is 3. The molecule has 3 nitrogen and oxygen atoms in total. The zero-order valence-corrected chi connectivity index (χ0v) is 13.1. The summed E-state index contributed by atoms with van der Waals surface area (Å²) < 4.78 is 5.22. The Morgan fingerprint density at radius 3 is 2.62 bits per heavy atom. The highest BCUT2D eigenvalue weighted by Crippen LogP contribution is 2.35. The molecule has 0 bridgehead atoms. The normalized spacial score (nSPS) is 27.9. The van der Waals surface area contributed by atoms with Crippen molar-refractivity contribution in [3.8, 4) is 5.75 Å². The Balaban J connectivity index is 1.63. The van der Waals surface area contributed by atoms with E-state index in [2.05, 4.69) is 17.0 Å². The van der Waals surface area contributed by atoms with Gasteiger partial charge in [-0.15, -0.1) is 0 Å². The van der Waals surface area contributed by atoms with Crippen molar-refractivity contribution in [2.75, 3.05) is 20.2 Å². The van der Waals surface area contributed by atoms with E-state index in [0.29, 0.717) is 0 Å². The van der Waals surface area contributed by atoms with Crippen molar-refractivity contribution in [3.63, 3.8) is 0 Å². The lowest BCUT2D eigenvalue weighted by Crippen LogP contribution is -2.49. The molecule has 0 amide bonds. The molecule has 3 rings (SSSR count). The Hall–Kier alpha value is -1.06. The SMILES string of the molecule is COc1ccc(C(N)CN2CCC[C@H]3CCCC[C@H]32)cc1. The molecule has 1 aromatic carbocycles. The van der Waals surface area contributed by atoms with Crippen molar-refractivity contribution < 1.29 is 4.74 Å². The lowest BCUT2D eigenvalue weighted by Gasteiger charge is -2.45. The van der Waals surface area contributed by atoms with Crippen molar-refractivity contribution in [1.82, 2.24) is 4.90 Å². The van der Waals surface area contributed by atoms with Crippen LogP contribution in [0, 0.1) is 5.92 Å². The van der Waals surface area contributed by atoms with Crippen molar-refractivity contribution in [3.05, 3.63) is 29.8 Å². The summed E-state index contributed by atoms with van der Waals surface area (Å²) in [4.78, 5) is 2.67. The number of nitrogens with zero attached hydrogens (tertiary/aromatic N) is 1. The Kier molecular flexibility index (Phi) is 4.81. The topological polar surface area (TPSA) is 38.5 Å². The lowest BCUT2D eigenvalue weighted by atomic mass is 9.78. The quantitative estimate of drug-likeness (QED) is 0.923. The smallest absolute Gasteiger partial charge is 0.118 e.